The summed E-state index contributed by atoms with van der Waals surface area (Å²) in [5.41, 5.74) is 2.97. The number of hydrogen-bond acceptors (Lipinski definition) is 4. The van der Waals surface area contributed by atoms with E-state index in [-0.39, 0.29) is 18.3 Å². The maximum absolute atomic E-state index is 12.4. The second-order valence-electron chi connectivity index (χ2n) is 8.00. The molecule has 5 aromatic rings. The zero-order valence-corrected chi connectivity index (χ0v) is 19.6. The van der Waals surface area contributed by atoms with Gasteiger partial charge in [0.1, 0.15) is 0 Å². The van der Waals surface area contributed by atoms with Gasteiger partial charge in [-0.05, 0) is 54.1 Å². The number of hydrogen-bond donors (Lipinski definition) is 1. The Labute approximate surface area is 201 Å². The molecule has 0 fully saturated rings. The second kappa shape index (κ2) is 9.61. The van der Waals surface area contributed by atoms with Crippen molar-refractivity contribution < 1.29 is 14.3 Å². The van der Waals surface area contributed by atoms with E-state index < -0.39 is 5.97 Å². The van der Waals surface area contributed by atoms with Gasteiger partial charge in [0, 0.05) is 38.9 Å². The van der Waals surface area contributed by atoms with Crippen molar-refractivity contribution >= 4 is 61.9 Å². The molecule has 0 saturated carbocycles. The molecule has 170 valence electrons. The summed E-state index contributed by atoms with van der Waals surface area (Å²) in [4.78, 5) is 25.6. The lowest BCUT2D eigenvalue weighted by molar-refractivity contribution is -0.144. The zero-order chi connectivity index (χ0) is 23.5. The summed E-state index contributed by atoms with van der Waals surface area (Å²) < 4.78 is 7.44. The smallest absolute Gasteiger partial charge is 0.316 e. The predicted octanol–water partition coefficient (Wildman–Crippen LogP) is 6.24. The zero-order valence-electron chi connectivity index (χ0n) is 18.8. The minimum atomic E-state index is -0.422. The van der Waals surface area contributed by atoms with Crippen LogP contribution in [0.25, 0.3) is 32.6 Å². The van der Waals surface area contributed by atoms with E-state index in [1.54, 1.807) is 0 Å². The Bertz CT molecular complexity index is 1520. The number of aromatic nitrogens is 1. The van der Waals surface area contributed by atoms with Crippen molar-refractivity contribution in [2.75, 3.05) is 17.7 Å². The number of aryl methyl sites for hydroxylation is 1. The number of amides is 1. The molecule has 0 saturated heterocycles. The van der Waals surface area contributed by atoms with Crippen LogP contribution in [0.1, 0.15) is 6.92 Å². The fourth-order valence-electron chi connectivity index (χ4n) is 4.26. The van der Waals surface area contributed by atoms with E-state index in [1.807, 2.05) is 66.7 Å². The van der Waals surface area contributed by atoms with E-state index in [9.17, 15) is 9.59 Å². The fraction of sp³-hybridized carbons (Fsp3) is 0.143. The minimum absolute atomic E-state index is 0.147. The van der Waals surface area contributed by atoms with E-state index in [0.717, 1.165) is 38.5 Å². The minimum Gasteiger partial charge on any atom is -0.455 e. The first kappa shape index (κ1) is 22.0. The number of fused-ring (bicyclic) bond motifs is 4. The van der Waals surface area contributed by atoms with E-state index in [0.29, 0.717) is 5.69 Å². The Morgan fingerprint density at radius 3 is 2.47 bits per heavy atom. The number of nitrogens with zero attached hydrogens (tertiary/aromatic N) is 1. The Kier molecular flexibility index (Phi) is 6.23. The van der Waals surface area contributed by atoms with Crippen molar-refractivity contribution in [2.24, 2.45) is 0 Å². The van der Waals surface area contributed by atoms with Gasteiger partial charge in [-0.2, -0.15) is 0 Å². The van der Waals surface area contributed by atoms with Crippen molar-refractivity contribution in [1.82, 2.24) is 4.57 Å². The standard InChI is InChI=1S/C28H24N2O3S/c1-2-30-25-10-6-5-9-23(25)24-16-21(12-14-26(24)30)29-27(31)17-33-28(32)18-34-22-13-11-19-7-3-4-8-20(19)15-22/h3-16H,2,17-18H2,1H3,(H,29,31). The van der Waals surface area contributed by atoms with Gasteiger partial charge in [0.05, 0.1) is 5.75 Å². The summed E-state index contributed by atoms with van der Waals surface area (Å²) in [5, 5.41) is 7.35. The van der Waals surface area contributed by atoms with Gasteiger partial charge in [-0.3, -0.25) is 9.59 Å². The van der Waals surface area contributed by atoms with Crippen LogP contribution in [-0.2, 0) is 20.9 Å². The fourth-order valence-corrected chi connectivity index (χ4v) is 5.00. The lowest BCUT2D eigenvalue weighted by Crippen LogP contribution is -2.21. The number of thioether (sulfide) groups is 1. The van der Waals surface area contributed by atoms with Gasteiger partial charge in [0.2, 0.25) is 0 Å². The van der Waals surface area contributed by atoms with Crippen molar-refractivity contribution in [3.8, 4) is 0 Å². The highest BCUT2D eigenvalue weighted by molar-refractivity contribution is 8.00. The normalized spacial score (nSPS) is 11.2. The van der Waals surface area contributed by atoms with Gasteiger partial charge in [-0.15, -0.1) is 11.8 Å². The van der Waals surface area contributed by atoms with Crippen LogP contribution in [0.4, 0.5) is 5.69 Å². The van der Waals surface area contributed by atoms with Gasteiger partial charge in [0.25, 0.3) is 5.91 Å². The Balaban J connectivity index is 1.18. The van der Waals surface area contributed by atoms with Crippen LogP contribution in [0.15, 0.2) is 89.8 Å². The highest BCUT2D eigenvalue weighted by Gasteiger charge is 2.12. The molecule has 0 aliphatic rings. The SMILES string of the molecule is CCn1c2ccccc2c2cc(NC(=O)COC(=O)CSc3ccc4ccccc4c3)ccc21. The quantitative estimate of drug-likeness (QED) is 0.227. The van der Waals surface area contributed by atoms with Crippen LogP contribution in [0.3, 0.4) is 0 Å². The molecule has 0 spiro atoms. The van der Waals surface area contributed by atoms with Crippen LogP contribution < -0.4 is 5.32 Å². The number of anilines is 1. The Morgan fingerprint density at radius 1 is 0.853 bits per heavy atom. The van der Waals surface area contributed by atoms with Gasteiger partial charge >= 0.3 is 5.97 Å². The number of esters is 1. The third-order valence-electron chi connectivity index (χ3n) is 5.81. The third kappa shape index (κ3) is 4.50. The largest absolute Gasteiger partial charge is 0.455 e. The number of carbonyl (C=O) groups is 2. The summed E-state index contributed by atoms with van der Waals surface area (Å²) >= 11 is 1.40. The third-order valence-corrected chi connectivity index (χ3v) is 6.78. The number of rotatable bonds is 7. The van der Waals surface area contributed by atoms with Crippen LogP contribution in [-0.4, -0.2) is 28.8 Å². The van der Waals surface area contributed by atoms with Crippen LogP contribution in [0.5, 0.6) is 0 Å². The van der Waals surface area contributed by atoms with E-state index in [1.165, 1.54) is 17.3 Å². The molecule has 0 aliphatic carbocycles. The molecule has 5 nitrogen and oxygen atoms in total. The maximum atomic E-state index is 12.4. The lowest BCUT2D eigenvalue weighted by Gasteiger charge is -2.08. The maximum Gasteiger partial charge on any atom is 0.316 e. The van der Waals surface area contributed by atoms with Crippen LogP contribution in [0, 0.1) is 0 Å². The van der Waals surface area contributed by atoms with Gasteiger partial charge < -0.3 is 14.6 Å². The number of carbonyl (C=O) groups excluding carboxylic acids is 2. The highest BCUT2D eigenvalue weighted by Crippen LogP contribution is 2.31. The van der Waals surface area contributed by atoms with Gasteiger partial charge in [0.15, 0.2) is 6.61 Å². The summed E-state index contributed by atoms with van der Waals surface area (Å²) in [6.07, 6.45) is 0. The molecule has 0 atom stereocenters. The average molecular weight is 469 g/mol. The first-order valence-electron chi connectivity index (χ1n) is 11.2. The van der Waals surface area contributed by atoms with E-state index in [2.05, 4.69) is 35.0 Å². The Morgan fingerprint density at radius 2 is 1.62 bits per heavy atom. The summed E-state index contributed by atoms with van der Waals surface area (Å²) in [6.45, 7) is 2.67. The second-order valence-corrected chi connectivity index (χ2v) is 9.05. The van der Waals surface area contributed by atoms with Crippen molar-refractivity contribution in [3.63, 3.8) is 0 Å². The van der Waals surface area contributed by atoms with Crippen molar-refractivity contribution in [3.05, 3.63) is 84.9 Å². The predicted molar refractivity (Wildman–Crippen MR) is 139 cm³/mol. The summed E-state index contributed by atoms with van der Waals surface area (Å²) in [7, 11) is 0. The van der Waals surface area contributed by atoms with E-state index in [4.69, 9.17) is 4.74 Å². The molecule has 0 unspecified atom stereocenters. The number of nitrogens with one attached hydrogen (secondary N) is 1. The lowest BCUT2D eigenvalue weighted by atomic mass is 10.1. The molecule has 1 N–H and O–H groups in total. The average Bonchev–Trinajstić information content (AvgIpc) is 3.19. The molecule has 6 heteroatoms. The first-order valence-corrected chi connectivity index (χ1v) is 12.2. The number of ether oxygens (including phenoxy) is 1. The molecule has 5 rings (SSSR count). The molecule has 1 aromatic heterocycles. The summed E-state index contributed by atoms with van der Waals surface area (Å²) in [5.74, 6) is -0.633. The topological polar surface area (TPSA) is 60.3 Å². The molecule has 1 heterocycles. The van der Waals surface area contributed by atoms with Gasteiger partial charge in [-0.1, -0.05) is 48.5 Å². The van der Waals surface area contributed by atoms with Crippen LogP contribution >= 0.6 is 11.8 Å². The molecule has 4 aromatic carbocycles. The first-order chi connectivity index (χ1) is 16.6. The van der Waals surface area contributed by atoms with Crippen LogP contribution in [0.2, 0.25) is 0 Å². The van der Waals surface area contributed by atoms with Crippen molar-refractivity contribution in [2.45, 2.75) is 18.4 Å². The number of benzene rings is 4. The molecular formula is C28H24N2O3S. The molecule has 0 aliphatic heterocycles. The number of para-hydroxylation sites is 1. The molecule has 34 heavy (non-hydrogen) atoms. The monoisotopic (exact) mass is 468 g/mol. The van der Waals surface area contributed by atoms with Gasteiger partial charge in [-0.25, -0.2) is 0 Å². The van der Waals surface area contributed by atoms with Crippen molar-refractivity contribution in [1.29, 1.82) is 0 Å². The molecule has 1 amide bonds. The molecular weight excluding hydrogens is 444 g/mol. The molecule has 0 radical (unpaired) electrons. The highest BCUT2D eigenvalue weighted by atomic mass is 32.2. The summed E-state index contributed by atoms with van der Waals surface area (Å²) in [6, 6.07) is 28.2. The Hall–Kier alpha value is -3.77. The molecule has 0 bridgehead atoms. The van der Waals surface area contributed by atoms with E-state index >= 15 is 0 Å².